The average Bonchev–Trinajstić information content (AvgIpc) is 2.61. The van der Waals surface area contributed by atoms with Gasteiger partial charge in [0.15, 0.2) is 0 Å². The molecule has 136 valence electrons. The van der Waals surface area contributed by atoms with Crippen molar-refractivity contribution in [2.75, 3.05) is 7.11 Å². The van der Waals surface area contributed by atoms with E-state index in [9.17, 15) is 24.5 Å². The normalized spacial score (nSPS) is 10.2. The van der Waals surface area contributed by atoms with Crippen molar-refractivity contribution in [3.8, 4) is 5.75 Å². The van der Waals surface area contributed by atoms with E-state index in [0.717, 1.165) is 16.8 Å². The van der Waals surface area contributed by atoms with Crippen LogP contribution >= 0.6 is 0 Å². The minimum absolute atomic E-state index is 0.134. The monoisotopic (exact) mass is 360 g/mol. The Hall–Kier alpha value is -3.69. The number of carbonyl (C=O) groups is 2. The van der Waals surface area contributed by atoms with Crippen LogP contribution < -0.4 is 21.3 Å². The van der Waals surface area contributed by atoms with Gasteiger partial charge in [0.05, 0.1) is 18.2 Å². The molecular weight excluding hydrogens is 344 g/mol. The van der Waals surface area contributed by atoms with Crippen LogP contribution in [-0.4, -0.2) is 28.4 Å². The molecule has 0 unspecified atom stereocenters. The highest BCUT2D eigenvalue weighted by atomic mass is 16.6. The SMILES string of the molecule is COc1ccccc1CNC(=O)Cn1cc([N+](=O)[O-])cc(C(N)=O)c1=O. The third-order valence-corrected chi connectivity index (χ3v) is 3.53. The van der Waals surface area contributed by atoms with Crippen molar-refractivity contribution < 1.29 is 19.2 Å². The van der Waals surface area contributed by atoms with Gasteiger partial charge < -0.3 is 15.8 Å². The molecule has 0 atom stereocenters. The molecule has 1 aromatic carbocycles. The van der Waals surface area contributed by atoms with Gasteiger partial charge in [0.1, 0.15) is 17.9 Å². The van der Waals surface area contributed by atoms with E-state index in [0.29, 0.717) is 11.3 Å². The molecular formula is C16H16N4O6. The van der Waals surface area contributed by atoms with Crippen LogP contribution in [0, 0.1) is 10.1 Å². The van der Waals surface area contributed by atoms with Gasteiger partial charge in [-0.3, -0.25) is 29.1 Å². The maximum atomic E-state index is 12.1. The Balaban J connectivity index is 2.19. The molecule has 1 aromatic heterocycles. The molecule has 0 saturated carbocycles. The average molecular weight is 360 g/mol. The van der Waals surface area contributed by atoms with Crippen molar-refractivity contribution in [2.24, 2.45) is 5.73 Å². The molecule has 1 heterocycles. The summed E-state index contributed by atoms with van der Waals surface area (Å²) in [5.41, 5.74) is 3.82. The number of carbonyl (C=O) groups excluding carboxylic acids is 2. The van der Waals surface area contributed by atoms with Gasteiger partial charge in [-0.2, -0.15) is 0 Å². The van der Waals surface area contributed by atoms with E-state index in [4.69, 9.17) is 10.5 Å². The Morgan fingerprint density at radius 3 is 2.65 bits per heavy atom. The molecule has 0 bridgehead atoms. The first kappa shape index (κ1) is 18.6. The molecule has 10 nitrogen and oxygen atoms in total. The van der Waals surface area contributed by atoms with Gasteiger partial charge in [0.2, 0.25) is 5.91 Å². The summed E-state index contributed by atoms with van der Waals surface area (Å²) in [6.07, 6.45) is 0.886. The molecule has 3 N–H and O–H groups in total. The lowest BCUT2D eigenvalue weighted by Crippen LogP contribution is -2.35. The molecule has 10 heteroatoms. The number of para-hydroxylation sites is 1. The number of nitro groups is 1. The number of primary amides is 1. The van der Waals surface area contributed by atoms with Crippen LogP contribution in [0.15, 0.2) is 41.3 Å². The van der Waals surface area contributed by atoms with Crippen molar-refractivity contribution in [1.82, 2.24) is 9.88 Å². The van der Waals surface area contributed by atoms with Gasteiger partial charge in [-0.25, -0.2) is 0 Å². The van der Waals surface area contributed by atoms with Crippen LogP contribution in [0.25, 0.3) is 0 Å². The Kier molecular flexibility index (Phi) is 5.68. The van der Waals surface area contributed by atoms with E-state index in [2.05, 4.69) is 5.32 Å². The number of rotatable bonds is 7. The Bertz CT molecular complexity index is 921. The second-order valence-corrected chi connectivity index (χ2v) is 5.25. The van der Waals surface area contributed by atoms with Crippen LogP contribution in [0.5, 0.6) is 5.75 Å². The summed E-state index contributed by atoms with van der Waals surface area (Å²) in [6.45, 7) is -0.370. The molecule has 0 fully saturated rings. The van der Waals surface area contributed by atoms with Gasteiger partial charge in [-0.1, -0.05) is 18.2 Å². The molecule has 26 heavy (non-hydrogen) atoms. The standard InChI is InChI=1S/C16H16N4O6/c1-26-13-5-3-2-4-10(13)7-18-14(21)9-19-8-11(20(24)25)6-12(15(17)22)16(19)23/h2-6,8H,7,9H2,1H3,(H2,17,22)(H,18,21). The maximum absolute atomic E-state index is 12.1. The highest BCUT2D eigenvalue weighted by Crippen LogP contribution is 2.16. The smallest absolute Gasteiger partial charge is 0.286 e. The molecule has 0 aliphatic rings. The number of pyridine rings is 1. The van der Waals surface area contributed by atoms with Gasteiger partial charge in [0.25, 0.3) is 17.2 Å². The summed E-state index contributed by atoms with van der Waals surface area (Å²) in [4.78, 5) is 45.7. The van der Waals surface area contributed by atoms with Gasteiger partial charge >= 0.3 is 0 Å². The Morgan fingerprint density at radius 1 is 1.35 bits per heavy atom. The number of benzene rings is 1. The lowest BCUT2D eigenvalue weighted by molar-refractivity contribution is -0.385. The summed E-state index contributed by atoms with van der Waals surface area (Å²) >= 11 is 0. The number of hydrogen-bond acceptors (Lipinski definition) is 6. The van der Waals surface area contributed by atoms with Crippen LogP contribution in [0.3, 0.4) is 0 Å². The lowest BCUT2D eigenvalue weighted by atomic mass is 10.2. The van der Waals surface area contributed by atoms with E-state index in [1.807, 2.05) is 0 Å². The number of nitrogens with one attached hydrogen (secondary N) is 1. The Labute approximate surface area is 147 Å². The summed E-state index contributed by atoms with van der Waals surface area (Å²) in [7, 11) is 1.49. The molecule has 2 amide bonds. The topological polar surface area (TPSA) is 147 Å². The number of nitrogens with zero attached hydrogens (tertiary/aromatic N) is 2. The highest BCUT2D eigenvalue weighted by Gasteiger charge is 2.18. The van der Waals surface area contributed by atoms with Crippen LogP contribution in [0.2, 0.25) is 0 Å². The number of nitrogens with two attached hydrogens (primary N) is 1. The zero-order valence-electron chi connectivity index (χ0n) is 13.8. The number of hydrogen-bond donors (Lipinski definition) is 2. The lowest BCUT2D eigenvalue weighted by Gasteiger charge is -2.11. The van der Waals surface area contributed by atoms with E-state index < -0.39 is 40.1 Å². The Morgan fingerprint density at radius 2 is 2.04 bits per heavy atom. The molecule has 0 aliphatic heterocycles. The summed E-state index contributed by atoms with van der Waals surface area (Å²) in [5, 5.41) is 13.5. The van der Waals surface area contributed by atoms with E-state index in [1.54, 1.807) is 24.3 Å². The summed E-state index contributed by atoms with van der Waals surface area (Å²) in [5.74, 6) is -1.10. The minimum Gasteiger partial charge on any atom is -0.496 e. The molecule has 2 aromatic rings. The number of aromatic nitrogens is 1. The fraction of sp³-hybridized carbons (Fsp3) is 0.188. The van der Waals surface area contributed by atoms with Crippen molar-refractivity contribution in [1.29, 1.82) is 0 Å². The van der Waals surface area contributed by atoms with Crippen molar-refractivity contribution in [3.05, 3.63) is 68.1 Å². The zero-order chi connectivity index (χ0) is 19.3. The maximum Gasteiger partial charge on any atom is 0.286 e. The fourth-order valence-corrected chi connectivity index (χ4v) is 2.27. The zero-order valence-corrected chi connectivity index (χ0v) is 13.8. The molecule has 2 rings (SSSR count). The minimum atomic E-state index is -1.11. The second-order valence-electron chi connectivity index (χ2n) is 5.25. The third-order valence-electron chi connectivity index (χ3n) is 3.53. The first-order chi connectivity index (χ1) is 12.3. The van der Waals surface area contributed by atoms with E-state index in [-0.39, 0.29) is 6.54 Å². The molecule has 0 spiro atoms. The number of amides is 2. The van der Waals surface area contributed by atoms with Crippen LogP contribution in [0.4, 0.5) is 5.69 Å². The predicted molar refractivity (Wildman–Crippen MR) is 90.7 cm³/mol. The summed E-state index contributed by atoms with van der Waals surface area (Å²) in [6, 6.07) is 7.82. The first-order valence-electron chi connectivity index (χ1n) is 7.40. The van der Waals surface area contributed by atoms with E-state index in [1.165, 1.54) is 7.11 Å². The van der Waals surface area contributed by atoms with Crippen LogP contribution in [0.1, 0.15) is 15.9 Å². The third kappa shape index (κ3) is 4.23. The molecule has 0 radical (unpaired) electrons. The summed E-state index contributed by atoms with van der Waals surface area (Å²) < 4.78 is 5.94. The number of methoxy groups -OCH3 is 1. The molecule has 0 saturated heterocycles. The predicted octanol–water partition coefficient (Wildman–Crippen LogP) is 0.180. The number of ether oxygens (including phenoxy) is 1. The quantitative estimate of drug-likeness (QED) is 0.532. The van der Waals surface area contributed by atoms with Gasteiger partial charge in [0, 0.05) is 18.2 Å². The highest BCUT2D eigenvalue weighted by molar-refractivity contribution is 5.93. The largest absolute Gasteiger partial charge is 0.496 e. The van der Waals surface area contributed by atoms with Crippen LogP contribution in [-0.2, 0) is 17.9 Å². The fourth-order valence-electron chi connectivity index (χ4n) is 2.27. The van der Waals surface area contributed by atoms with Crippen molar-refractivity contribution in [2.45, 2.75) is 13.1 Å². The first-order valence-corrected chi connectivity index (χ1v) is 7.40. The van der Waals surface area contributed by atoms with Crippen molar-refractivity contribution in [3.63, 3.8) is 0 Å². The van der Waals surface area contributed by atoms with Crippen molar-refractivity contribution >= 4 is 17.5 Å². The van der Waals surface area contributed by atoms with Gasteiger partial charge in [-0.05, 0) is 6.07 Å². The second kappa shape index (κ2) is 7.92. The molecule has 0 aliphatic carbocycles. The van der Waals surface area contributed by atoms with Gasteiger partial charge in [-0.15, -0.1) is 0 Å². The van der Waals surface area contributed by atoms with E-state index >= 15 is 0 Å².